The summed E-state index contributed by atoms with van der Waals surface area (Å²) in [6.45, 7) is 1.19. The fraction of sp³-hybridized carbons (Fsp3) is 0.462. The molecule has 0 atom stereocenters. The highest BCUT2D eigenvalue weighted by atomic mass is 35.5. The van der Waals surface area contributed by atoms with E-state index in [1.807, 2.05) is 6.07 Å². The molecule has 2 aromatic heterocycles. The number of H-pyrrole nitrogens is 1. The first kappa shape index (κ1) is 14.1. The molecule has 1 amide bonds. The van der Waals surface area contributed by atoms with Crippen LogP contribution in [0.1, 0.15) is 12.1 Å². The number of hydrogen-bond acceptors (Lipinski definition) is 4. The Bertz CT molecular complexity index is 618. The van der Waals surface area contributed by atoms with Gasteiger partial charge in [0.25, 0.3) is 0 Å². The zero-order valence-electron chi connectivity index (χ0n) is 11.4. The van der Waals surface area contributed by atoms with Gasteiger partial charge in [-0.3, -0.25) is 14.6 Å². The van der Waals surface area contributed by atoms with Gasteiger partial charge >= 0.3 is 0 Å². The molecular weight excluding hydrogens is 294 g/mol. The highest BCUT2D eigenvalue weighted by Crippen LogP contribution is 2.25. The van der Waals surface area contributed by atoms with E-state index in [0.717, 1.165) is 5.69 Å². The molecule has 2 N–H and O–H groups in total. The number of hydrogen-bond donors (Lipinski definition) is 2. The first-order valence-corrected chi connectivity index (χ1v) is 7.08. The second-order valence-electron chi connectivity index (χ2n) is 5.40. The van der Waals surface area contributed by atoms with Crippen molar-refractivity contribution in [1.29, 1.82) is 0 Å². The second kappa shape index (κ2) is 5.50. The Labute approximate surface area is 126 Å². The average molecular weight is 310 g/mol. The van der Waals surface area contributed by atoms with Gasteiger partial charge in [0.2, 0.25) is 5.91 Å². The van der Waals surface area contributed by atoms with E-state index in [4.69, 9.17) is 11.6 Å². The molecule has 1 fully saturated rings. The normalized spacial score (nSPS) is 16.8. The summed E-state index contributed by atoms with van der Waals surface area (Å²) in [5, 5.41) is 21.6. The summed E-state index contributed by atoms with van der Waals surface area (Å²) in [7, 11) is 0. The number of likely N-dealkylation sites (tertiary alicyclic amines) is 1. The Balaban J connectivity index is 1.45. The van der Waals surface area contributed by atoms with E-state index in [-0.39, 0.29) is 5.91 Å². The molecule has 3 rings (SSSR count). The number of carbonyl (C=O) groups is 1. The van der Waals surface area contributed by atoms with E-state index in [2.05, 4.69) is 15.3 Å². The van der Waals surface area contributed by atoms with Crippen LogP contribution in [0.15, 0.2) is 24.7 Å². The lowest BCUT2D eigenvalue weighted by Gasteiger charge is -2.46. The molecule has 0 aliphatic carbocycles. The maximum absolute atomic E-state index is 12.0. The maximum atomic E-state index is 12.0. The Kier molecular flexibility index (Phi) is 3.69. The predicted octanol–water partition coefficient (Wildman–Crippen LogP) is 0.466. The van der Waals surface area contributed by atoms with Gasteiger partial charge in [0.05, 0.1) is 24.3 Å². The molecule has 0 saturated carbocycles. The van der Waals surface area contributed by atoms with Crippen molar-refractivity contribution < 1.29 is 9.90 Å². The van der Waals surface area contributed by atoms with Crippen LogP contribution >= 0.6 is 11.6 Å². The van der Waals surface area contributed by atoms with Crippen LogP contribution in [0.2, 0.25) is 5.02 Å². The van der Waals surface area contributed by atoms with Gasteiger partial charge in [-0.15, -0.1) is 0 Å². The minimum Gasteiger partial charge on any atom is -0.386 e. The Morgan fingerprint density at radius 1 is 1.52 bits per heavy atom. The van der Waals surface area contributed by atoms with Crippen LogP contribution in [-0.4, -0.2) is 54.6 Å². The van der Waals surface area contributed by atoms with Crippen LogP contribution in [0, 0.1) is 0 Å². The van der Waals surface area contributed by atoms with Crippen molar-refractivity contribution in [3.63, 3.8) is 0 Å². The van der Waals surface area contributed by atoms with Crippen molar-refractivity contribution in [3.05, 3.63) is 35.4 Å². The summed E-state index contributed by atoms with van der Waals surface area (Å²) in [6.07, 6.45) is 5.69. The Hall–Kier alpha value is -1.86. The maximum Gasteiger partial charge on any atom is 0.224 e. The molecule has 1 aliphatic heterocycles. The van der Waals surface area contributed by atoms with Gasteiger partial charge in [-0.25, -0.2) is 0 Å². The molecule has 2 aromatic rings. The molecule has 0 aromatic carbocycles. The zero-order valence-corrected chi connectivity index (χ0v) is 12.1. The van der Waals surface area contributed by atoms with Gasteiger partial charge in [0.1, 0.15) is 5.60 Å². The number of aromatic nitrogens is 4. The lowest BCUT2D eigenvalue weighted by molar-refractivity contribution is -0.155. The third kappa shape index (κ3) is 3.25. The van der Waals surface area contributed by atoms with Crippen LogP contribution in [-0.2, 0) is 17.8 Å². The molecule has 8 heteroatoms. The van der Waals surface area contributed by atoms with Crippen LogP contribution in [0.3, 0.4) is 0 Å². The zero-order chi connectivity index (χ0) is 14.9. The number of amides is 1. The molecule has 3 heterocycles. The highest BCUT2D eigenvalue weighted by molar-refractivity contribution is 6.30. The quantitative estimate of drug-likeness (QED) is 0.840. The third-order valence-electron chi connectivity index (χ3n) is 3.56. The number of aliphatic hydroxyl groups is 1. The molecule has 1 aliphatic rings. The van der Waals surface area contributed by atoms with Crippen LogP contribution in [0.5, 0.6) is 0 Å². The number of aromatic amines is 1. The van der Waals surface area contributed by atoms with Crippen molar-refractivity contribution in [3.8, 4) is 0 Å². The first-order valence-electron chi connectivity index (χ1n) is 6.70. The number of halogens is 1. The molecule has 21 heavy (non-hydrogen) atoms. The van der Waals surface area contributed by atoms with E-state index < -0.39 is 5.60 Å². The van der Waals surface area contributed by atoms with Crippen molar-refractivity contribution in [1.82, 2.24) is 24.9 Å². The molecule has 112 valence electrons. The fourth-order valence-corrected chi connectivity index (χ4v) is 2.68. The summed E-state index contributed by atoms with van der Waals surface area (Å²) in [5.41, 5.74) is 0.0211. The smallest absolute Gasteiger partial charge is 0.224 e. The first-order chi connectivity index (χ1) is 10.0. The highest BCUT2D eigenvalue weighted by Gasteiger charge is 2.43. The molecule has 0 bridgehead atoms. The number of carbonyl (C=O) groups excluding carboxylic acids is 1. The van der Waals surface area contributed by atoms with Crippen molar-refractivity contribution >= 4 is 17.5 Å². The van der Waals surface area contributed by atoms with E-state index in [1.54, 1.807) is 28.2 Å². The third-order valence-corrected chi connectivity index (χ3v) is 3.75. The van der Waals surface area contributed by atoms with Gasteiger partial charge in [-0.05, 0) is 6.07 Å². The predicted molar refractivity (Wildman–Crippen MR) is 75.7 cm³/mol. The van der Waals surface area contributed by atoms with Gasteiger partial charge in [-0.1, -0.05) is 11.6 Å². The van der Waals surface area contributed by atoms with E-state index >= 15 is 0 Å². The summed E-state index contributed by atoms with van der Waals surface area (Å²) < 4.78 is 1.64. The molecule has 7 nitrogen and oxygen atoms in total. The van der Waals surface area contributed by atoms with Gasteiger partial charge in [-0.2, -0.15) is 10.2 Å². The van der Waals surface area contributed by atoms with Gasteiger partial charge in [0.15, 0.2) is 0 Å². The lowest BCUT2D eigenvalue weighted by atomic mass is 9.89. The largest absolute Gasteiger partial charge is 0.386 e. The van der Waals surface area contributed by atoms with Crippen LogP contribution < -0.4 is 0 Å². The number of nitrogens with zero attached hydrogens (tertiary/aromatic N) is 4. The van der Waals surface area contributed by atoms with Crippen LogP contribution in [0.4, 0.5) is 0 Å². The van der Waals surface area contributed by atoms with Crippen molar-refractivity contribution in [2.75, 3.05) is 13.1 Å². The molecule has 0 radical (unpaired) electrons. The molecule has 0 unspecified atom stereocenters. The summed E-state index contributed by atoms with van der Waals surface area (Å²) in [5.74, 6) is 0.0101. The Morgan fingerprint density at radius 2 is 2.33 bits per heavy atom. The van der Waals surface area contributed by atoms with E-state index in [1.165, 1.54) is 0 Å². The molecular formula is C13H16ClN5O2. The minimum atomic E-state index is -0.850. The number of β-amino-alcohol motifs (C(OH)–C–C–N with tert-alkyl or cyclic N) is 1. The topological polar surface area (TPSA) is 87.0 Å². The van der Waals surface area contributed by atoms with E-state index in [0.29, 0.717) is 37.5 Å². The Morgan fingerprint density at radius 3 is 2.95 bits per heavy atom. The summed E-state index contributed by atoms with van der Waals surface area (Å²) in [4.78, 5) is 13.7. The van der Waals surface area contributed by atoms with E-state index in [9.17, 15) is 9.90 Å². The van der Waals surface area contributed by atoms with Gasteiger partial charge < -0.3 is 10.0 Å². The fourth-order valence-electron chi connectivity index (χ4n) is 2.52. The number of nitrogens with one attached hydrogen (secondary N) is 1. The van der Waals surface area contributed by atoms with Crippen molar-refractivity contribution in [2.24, 2.45) is 0 Å². The monoisotopic (exact) mass is 309 g/mol. The lowest BCUT2D eigenvalue weighted by Crippen LogP contribution is -2.64. The van der Waals surface area contributed by atoms with Crippen molar-refractivity contribution in [2.45, 2.75) is 25.0 Å². The number of rotatable bonds is 5. The van der Waals surface area contributed by atoms with Gasteiger partial charge in [0, 0.05) is 37.5 Å². The average Bonchev–Trinajstić information content (AvgIpc) is 3.04. The molecule has 0 spiro atoms. The number of aryl methyl sites for hydroxylation is 1. The minimum absolute atomic E-state index is 0.0101. The molecule has 1 saturated heterocycles. The SMILES string of the molecule is O=C(CCn1cc(Cl)cn1)N1CC(O)(Cc2ccn[nH]2)C1. The van der Waals surface area contributed by atoms with Crippen LogP contribution in [0.25, 0.3) is 0 Å². The standard InChI is InChI=1S/C13H16ClN5O2/c14-10-6-16-19(7-10)4-2-12(20)18-8-13(21,9-18)5-11-1-3-15-17-11/h1,3,6-7,21H,2,4-5,8-9H2,(H,15,17). The summed E-state index contributed by atoms with van der Waals surface area (Å²) in [6, 6.07) is 1.82. The summed E-state index contributed by atoms with van der Waals surface area (Å²) >= 11 is 5.76. The second-order valence-corrected chi connectivity index (χ2v) is 5.84.